The molecule has 0 heterocycles. The standard InChI is InChI=1S/C27H50O4/c1-4-5-6-7-8-9-11-14-21-30-26(28)24-17-19-25(20-18-24)27(29)31-22-15-12-10-13-16-23(2)3/h23-25H,4-22H2,1-3H3. The Hall–Kier alpha value is -1.06. The minimum Gasteiger partial charge on any atom is -0.465 e. The number of hydrogen-bond acceptors (Lipinski definition) is 4. The van der Waals surface area contributed by atoms with Crippen LogP contribution in [0.15, 0.2) is 0 Å². The molecule has 4 nitrogen and oxygen atoms in total. The Morgan fingerprint density at radius 3 is 1.45 bits per heavy atom. The van der Waals surface area contributed by atoms with Crippen LogP contribution in [-0.4, -0.2) is 25.2 Å². The first kappa shape index (κ1) is 28.0. The monoisotopic (exact) mass is 438 g/mol. The molecule has 1 aliphatic rings. The van der Waals surface area contributed by atoms with Crippen molar-refractivity contribution in [3.8, 4) is 0 Å². The summed E-state index contributed by atoms with van der Waals surface area (Å²) in [6.07, 6.45) is 18.9. The van der Waals surface area contributed by atoms with Crippen LogP contribution in [0.25, 0.3) is 0 Å². The van der Waals surface area contributed by atoms with E-state index in [1.165, 1.54) is 57.8 Å². The second kappa shape index (κ2) is 18.5. The molecule has 0 bridgehead atoms. The third kappa shape index (κ3) is 14.6. The summed E-state index contributed by atoms with van der Waals surface area (Å²) in [5.74, 6) is 0.594. The van der Waals surface area contributed by atoms with Crippen molar-refractivity contribution in [3.63, 3.8) is 0 Å². The SMILES string of the molecule is CCCCCCCCCCOC(=O)C1CCC(C(=O)OCCCCCCC(C)C)CC1. The van der Waals surface area contributed by atoms with E-state index in [0.29, 0.717) is 13.2 Å². The molecule has 0 aromatic heterocycles. The van der Waals surface area contributed by atoms with Gasteiger partial charge in [-0.1, -0.05) is 91.4 Å². The predicted octanol–water partition coefficient (Wildman–Crippen LogP) is 7.63. The van der Waals surface area contributed by atoms with Gasteiger partial charge in [0.2, 0.25) is 0 Å². The lowest BCUT2D eigenvalue weighted by molar-refractivity contribution is -0.155. The van der Waals surface area contributed by atoms with E-state index in [0.717, 1.165) is 57.3 Å². The Bertz CT molecular complexity index is 452. The van der Waals surface area contributed by atoms with E-state index in [-0.39, 0.29) is 23.8 Å². The van der Waals surface area contributed by atoms with Gasteiger partial charge in [-0.15, -0.1) is 0 Å². The maximum absolute atomic E-state index is 12.3. The molecule has 0 aromatic carbocycles. The lowest BCUT2D eigenvalue weighted by Crippen LogP contribution is -2.28. The van der Waals surface area contributed by atoms with Crippen LogP contribution in [-0.2, 0) is 19.1 Å². The smallest absolute Gasteiger partial charge is 0.308 e. The molecule has 0 aliphatic heterocycles. The first-order valence-corrected chi connectivity index (χ1v) is 13.4. The molecule has 0 unspecified atom stereocenters. The van der Waals surface area contributed by atoms with Crippen LogP contribution in [0.5, 0.6) is 0 Å². The lowest BCUT2D eigenvalue weighted by Gasteiger charge is -2.26. The molecule has 1 aliphatic carbocycles. The van der Waals surface area contributed by atoms with Gasteiger partial charge < -0.3 is 9.47 Å². The molecule has 0 radical (unpaired) electrons. The highest BCUT2D eigenvalue weighted by atomic mass is 16.5. The van der Waals surface area contributed by atoms with Gasteiger partial charge in [0.1, 0.15) is 0 Å². The van der Waals surface area contributed by atoms with Gasteiger partial charge in [0, 0.05) is 0 Å². The highest BCUT2D eigenvalue weighted by molar-refractivity contribution is 5.75. The molecule has 31 heavy (non-hydrogen) atoms. The molecule has 0 N–H and O–H groups in total. The highest BCUT2D eigenvalue weighted by Gasteiger charge is 2.31. The van der Waals surface area contributed by atoms with Gasteiger partial charge in [-0.25, -0.2) is 0 Å². The fraction of sp³-hybridized carbons (Fsp3) is 0.926. The molecular formula is C27H50O4. The van der Waals surface area contributed by atoms with Gasteiger partial charge in [0.25, 0.3) is 0 Å². The van der Waals surface area contributed by atoms with Crippen molar-refractivity contribution in [1.82, 2.24) is 0 Å². The summed E-state index contributed by atoms with van der Waals surface area (Å²) in [6, 6.07) is 0. The van der Waals surface area contributed by atoms with E-state index in [4.69, 9.17) is 9.47 Å². The zero-order chi connectivity index (χ0) is 22.7. The van der Waals surface area contributed by atoms with Gasteiger partial charge >= 0.3 is 11.9 Å². The Kier molecular flexibility index (Phi) is 16.7. The molecule has 0 saturated heterocycles. The van der Waals surface area contributed by atoms with Crippen molar-refractivity contribution < 1.29 is 19.1 Å². The van der Waals surface area contributed by atoms with Crippen molar-refractivity contribution >= 4 is 11.9 Å². The minimum absolute atomic E-state index is 0.0287. The molecule has 1 rings (SSSR count). The average Bonchev–Trinajstić information content (AvgIpc) is 2.77. The summed E-state index contributed by atoms with van der Waals surface area (Å²) >= 11 is 0. The number of hydrogen-bond donors (Lipinski definition) is 0. The normalized spacial score (nSPS) is 18.8. The van der Waals surface area contributed by atoms with Crippen LogP contribution in [0.2, 0.25) is 0 Å². The summed E-state index contributed by atoms with van der Waals surface area (Å²) in [5.41, 5.74) is 0. The first-order chi connectivity index (χ1) is 15.0. The molecule has 182 valence electrons. The number of ether oxygens (including phenoxy) is 2. The summed E-state index contributed by atoms with van der Waals surface area (Å²) < 4.78 is 11.0. The quantitative estimate of drug-likeness (QED) is 0.163. The summed E-state index contributed by atoms with van der Waals surface area (Å²) in [4.78, 5) is 24.6. The van der Waals surface area contributed by atoms with Crippen LogP contribution in [0.4, 0.5) is 0 Å². The van der Waals surface area contributed by atoms with Gasteiger partial charge in [-0.2, -0.15) is 0 Å². The molecule has 4 heteroatoms. The minimum atomic E-state index is -0.0621. The topological polar surface area (TPSA) is 52.6 Å². The second-order valence-corrected chi connectivity index (χ2v) is 9.96. The molecule has 1 saturated carbocycles. The molecular weight excluding hydrogens is 388 g/mol. The van der Waals surface area contributed by atoms with Crippen LogP contribution < -0.4 is 0 Å². The van der Waals surface area contributed by atoms with E-state index in [9.17, 15) is 9.59 Å². The zero-order valence-electron chi connectivity index (χ0n) is 20.8. The van der Waals surface area contributed by atoms with E-state index in [1.54, 1.807) is 0 Å². The van der Waals surface area contributed by atoms with Crippen molar-refractivity contribution in [2.45, 2.75) is 130 Å². The fourth-order valence-corrected chi connectivity index (χ4v) is 4.39. The number of esters is 2. The van der Waals surface area contributed by atoms with Crippen LogP contribution in [0.1, 0.15) is 130 Å². The van der Waals surface area contributed by atoms with Crippen LogP contribution >= 0.6 is 0 Å². The third-order valence-corrected chi connectivity index (χ3v) is 6.56. The second-order valence-electron chi connectivity index (χ2n) is 9.96. The van der Waals surface area contributed by atoms with E-state index in [2.05, 4.69) is 20.8 Å². The number of rotatable bonds is 18. The van der Waals surface area contributed by atoms with Gasteiger partial charge in [-0.3, -0.25) is 9.59 Å². The third-order valence-electron chi connectivity index (χ3n) is 6.56. The van der Waals surface area contributed by atoms with Crippen molar-refractivity contribution in [3.05, 3.63) is 0 Å². The average molecular weight is 439 g/mol. The molecule has 0 atom stereocenters. The summed E-state index contributed by atoms with van der Waals surface area (Å²) in [7, 11) is 0. The van der Waals surface area contributed by atoms with Gasteiger partial charge in [0.05, 0.1) is 25.0 Å². The van der Waals surface area contributed by atoms with Crippen molar-refractivity contribution in [1.29, 1.82) is 0 Å². The predicted molar refractivity (Wildman–Crippen MR) is 128 cm³/mol. The number of unbranched alkanes of at least 4 members (excludes halogenated alkanes) is 10. The van der Waals surface area contributed by atoms with Gasteiger partial charge in [0.15, 0.2) is 0 Å². The number of carbonyl (C=O) groups is 2. The molecule has 0 spiro atoms. The zero-order valence-corrected chi connectivity index (χ0v) is 20.8. The summed E-state index contributed by atoms with van der Waals surface area (Å²) in [5, 5.41) is 0. The number of carbonyl (C=O) groups excluding carboxylic acids is 2. The Balaban J connectivity index is 2.00. The Morgan fingerprint density at radius 1 is 0.645 bits per heavy atom. The Morgan fingerprint density at radius 2 is 1.03 bits per heavy atom. The fourth-order valence-electron chi connectivity index (χ4n) is 4.39. The van der Waals surface area contributed by atoms with Crippen LogP contribution in [0, 0.1) is 17.8 Å². The molecule has 1 fully saturated rings. The highest BCUT2D eigenvalue weighted by Crippen LogP contribution is 2.30. The van der Waals surface area contributed by atoms with E-state index in [1.807, 2.05) is 0 Å². The molecule has 0 aromatic rings. The Labute approximate surface area is 192 Å². The van der Waals surface area contributed by atoms with Crippen molar-refractivity contribution in [2.24, 2.45) is 17.8 Å². The largest absolute Gasteiger partial charge is 0.465 e. The first-order valence-electron chi connectivity index (χ1n) is 13.4. The van der Waals surface area contributed by atoms with Crippen LogP contribution in [0.3, 0.4) is 0 Å². The van der Waals surface area contributed by atoms with Crippen molar-refractivity contribution in [2.75, 3.05) is 13.2 Å². The maximum Gasteiger partial charge on any atom is 0.308 e. The van der Waals surface area contributed by atoms with E-state index >= 15 is 0 Å². The van der Waals surface area contributed by atoms with E-state index < -0.39 is 0 Å². The molecule has 0 amide bonds. The summed E-state index contributed by atoms with van der Waals surface area (Å²) in [6.45, 7) is 7.85. The maximum atomic E-state index is 12.3. The van der Waals surface area contributed by atoms with Gasteiger partial charge in [-0.05, 0) is 44.4 Å². The lowest BCUT2D eigenvalue weighted by atomic mass is 9.82.